The van der Waals surface area contributed by atoms with Crippen LogP contribution in [0.4, 0.5) is 11.4 Å². The van der Waals surface area contributed by atoms with Crippen LogP contribution >= 0.6 is 0 Å². The van der Waals surface area contributed by atoms with E-state index in [9.17, 15) is 0 Å². The number of rotatable bonds is 6. The summed E-state index contributed by atoms with van der Waals surface area (Å²) in [5.41, 5.74) is 15.8. The van der Waals surface area contributed by atoms with Crippen molar-refractivity contribution < 1.29 is 0 Å². The highest BCUT2D eigenvalue weighted by molar-refractivity contribution is 6.10. The van der Waals surface area contributed by atoms with Crippen molar-refractivity contribution >= 4 is 38.8 Å². The lowest BCUT2D eigenvalue weighted by Gasteiger charge is -2.44. The maximum absolute atomic E-state index is 4.37. The first-order chi connectivity index (χ1) is 26.4. The molecular weight excluding hydrogens is 655 g/mol. The van der Waals surface area contributed by atoms with Gasteiger partial charge in [-0.1, -0.05) is 123 Å². The van der Waals surface area contributed by atoms with Crippen LogP contribution in [0.15, 0.2) is 188 Å². The highest BCUT2D eigenvalue weighted by Gasteiger charge is 2.43. The molecule has 0 saturated carbocycles. The van der Waals surface area contributed by atoms with Crippen LogP contribution in [-0.4, -0.2) is 15.1 Å². The lowest BCUT2D eigenvalue weighted by atomic mass is 9.76. The number of benzene rings is 6. The van der Waals surface area contributed by atoms with Gasteiger partial charge in [0.2, 0.25) is 0 Å². The number of fused-ring (bicyclic) bond motifs is 6. The van der Waals surface area contributed by atoms with Gasteiger partial charge in [0.05, 0.1) is 16.6 Å². The summed E-state index contributed by atoms with van der Waals surface area (Å²) in [6.45, 7) is 7.14. The molecule has 1 atom stereocenters. The predicted octanol–water partition coefficient (Wildman–Crippen LogP) is 13.1. The van der Waals surface area contributed by atoms with Crippen molar-refractivity contribution in [2.24, 2.45) is 0 Å². The first-order valence-corrected chi connectivity index (χ1v) is 18.9. The third-order valence-electron chi connectivity index (χ3n) is 11.8. The number of hydrogen-bond acceptors (Lipinski definition) is 2. The monoisotopic (exact) mass is 695 g/mol. The summed E-state index contributed by atoms with van der Waals surface area (Å²) in [4.78, 5) is 6.91. The fourth-order valence-electron chi connectivity index (χ4n) is 9.09. The molecule has 3 heteroatoms. The molecule has 3 nitrogen and oxygen atoms in total. The van der Waals surface area contributed by atoms with Crippen LogP contribution in [0.3, 0.4) is 0 Å². The predicted molar refractivity (Wildman–Crippen MR) is 227 cm³/mol. The molecule has 2 heterocycles. The molecule has 2 aliphatic rings. The van der Waals surface area contributed by atoms with Crippen LogP contribution in [0.5, 0.6) is 0 Å². The molecule has 260 valence electrons. The number of aromatic nitrogens is 2. The van der Waals surface area contributed by atoms with Crippen LogP contribution in [0.2, 0.25) is 0 Å². The Morgan fingerprint density at radius 1 is 0.574 bits per heavy atom. The minimum atomic E-state index is -0.298. The summed E-state index contributed by atoms with van der Waals surface area (Å²) in [6, 6.07) is 57.5. The molecule has 0 radical (unpaired) electrons. The number of para-hydroxylation sites is 2. The summed E-state index contributed by atoms with van der Waals surface area (Å²) in [5, 5.41) is 2.52. The van der Waals surface area contributed by atoms with Gasteiger partial charge in [-0.3, -0.25) is 4.98 Å². The molecule has 0 aliphatic heterocycles. The third-order valence-corrected chi connectivity index (χ3v) is 11.8. The molecule has 8 aromatic rings. The molecule has 54 heavy (non-hydrogen) atoms. The van der Waals surface area contributed by atoms with Gasteiger partial charge >= 0.3 is 0 Å². The van der Waals surface area contributed by atoms with Crippen molar-refractivity contribution in [3.63, 3.8) is 0 Å². The molecule has 10 rings (SSSR count). The van der Waals surface area contributed by atoms with E-state index in [0.29, 0.717) is 0 Å². The molecule has 0 fully saturated rings. The van der Waals surface area contributed by atoms with E-state index < -0.39 is 0 Å². The molecular formula is C51H41N3. The van der Waals surface area contributed by atoms with E-state index in [0.717, 1.165) is 23.2 Å². The zero-order chi connectivity index (χ0) is 36.4. The Kier molecular flexibility index (Phi) is 7.35. The second kappa shape index (κ2) is 12.3. The SMILES string of the molecule is CC1(C)C2=CC(C)(N(c3ccc(-c4cccnc4)cc3)c3ccc(-c4ccc5c(c4)c4ccccc4n5-c4ccccc4)cc3)CC=C2c2ccccc21. The second-order valence-corrected chi connectivity index (χ2v) is 15.5. The van der Waals surface area contributed by atoms with Crippen molar-refractivity contribution in [1.82, 2.24) is 9.55 Å². The van der Waals surface area contributed by atoms with Crippen molar-refractivity contribution in [1.29, 1.82) is 0 Å². The van der Waals surface area contributed by atoms with E-state index in [1.807, 2.05) is 18.5 Å². The summed E-state index contributed by atoms with van der Waals surface area (Å²) in [7, 11) is 0. The summed E-state index contributed by atoms with van der Waals surface area (Å²) in [5.74, 6) is 0. The van der Waals surface area contributed by atoms with Crippen LogP contribution < -0.4 is 4.90 Å². The molecule has 1 unspecified atom stereocenters. The highest BCUT2D eigenvalue weighted by Crippen LogP contribution is 2.54. The quantitative estimate of drug-likeness (QED) is 0.173. The zero-order valence-electron chi connectivity index (χ0n) is 30.9. The maximum atomic E-state index is 4.37. The molecule has 0 spiro atoms. The summed E-state index contributed by atoms with van der Waals surface area (Å²) in [6.07, 6.45) is 9.69. The Morgan fingerprint density at radius 3 is 1.96 bits per heavy atom. The van der Waals surface area contributed by atoms with Crippen molar-refractivity contribution in [2.75, 3.05) is 4.90 Å². The molecule has 6 aromatic carbocycles. The van der Waals surface area contributed by atoms with Crippen molar-refractivity contribution in [3.8, 4) is 27.9 Å². The van der Waals surface area contributed by atoms with Crippen LogP contribution in [-0.2, 0) is 5.41 Å². The number of hydrogen-bond donors (Lipinski definition) is 0. The van der Waals surface area contributed by atoms with Crippen LogP contribution in [0, 0.1) is 0 Å². The maximum Gasteiger partial charge on any atom is 0.0646 e. The standard InChI is InChI=1S/C51H41N3/c1-50(2)46-17-9-7-15-42(46)43-29-30-51(3,33-47(43)50)54(41-26-21-36(22-27-41)38-12-11-31-52-34-38)40-24-19-35(20-25-40)37-23-28-49-45(32-37)44-16-8-10-18-48(44)53(49)39-13-5-4-6-14-39/h4-29,31-34H,30H2,1-3H3. The van der Waals surface area contributed by atoms with Gasteiger partial charge in [-0.05, 0) is 119 Å². The van der Waals surface area contributed by atoms with Crippen molar-refractivity contribution in [3.05, 3.63) is 199 Å². The average molecular weight is 696 g/mol. The second-order valence-electron chi connectivity index (χ2n) is 15.5. The van der Waals surface area contributed by atoms with Gasteiger partial charge in [-0.2, -0.15) is 0 Å². The van der Waals surface area contributed by atoms with E-state index in [4.69, 9.17) is 0 Å². The van der Waals surface area contributed by atoms with E-state index in [1.54, 1.807) is 0 Å². The van der Waals surface area contributed by atoms with Gasteiger partial charge in [-0.15, -0.1) is 0 Å². The Bertz CT molecular complexity index is 2750. The largest absolute Gasteiger partial charge is 0.332 e. The normalized spacial score (nSPS) is 17.2. The zero-order valence-corrected chi connectivity index (χ0v) is 30.9. The van der Waals surface area contributed by atoms with Gasteiger partial charge in [-0.25, -0.2) is 0 Å². The van der Waals surface area contributed by atoms with Gasteiger partial charge in [0.15, 0.2) is 0 Å². The van der Waals surface area contributed by atoms with Gasteiger partial charge < -0.3 is 9.47 Å². The molecule has 0 bridgehead atoms. The highest BCUT2D eigenvalue weighted by atomic mass is 15.2. The lowest BCUT2D eigenvalue weighted by molar-refractivity contribution is 0.550. The van der Waals surface area contributed by atoms with E-state index in [1.165, 1.54) is 66.6 Å². The topological polar surface area (TPSA) is 21.1 Å². The van der Waals surface area contributed by atoms with Gasteiger partial charge in [0, 0.05) is 45.6 Å². The van der Waals surface area contributed by atoms with Gasteiger partial charge in [0.1, 0.15) is 0 Å². The smallest absolute Gasteiger partial charge is 0.0646 e. The molecule has 2 aromatic heterocycles. The van der Waals surface area contributed by atoms with Crippen molar-refractivity contribution in [2.45, 2.75) is 38.1 Å². The van der Waals surface area contributed by atoms with Crippen LogP contribution in [0.1, 0.15) is 38.3 Å². The molecule has 0 amide bonds. The minimum absolute atomic E-state index is 0.0773. The fourth-order valence-corrected chi connectivity index (χ4v) is 9.09. The van der Waals surface area contributed by atoms with Crippen LogP contribution in [0.25, 0.3) is 55.3 Å². The van der Waals surface area contributed by atoms with E-state index >= 15 is 0 Å². The summed E-state index contributed by atoms with van der Waals surface area (Å²) < 4.78 is 2.37. The Morgan fingerprint density at radius 2 is 1.22 bits per heavy atom. The minimum Gasteiger partial charge on any atom is -0.332 e. The Labute approximate surface area is 317 Å². The lowest BCUT2D eigenvalue weighted by Crippen LogP contribution is -2.43. The van der Waals surface area contributed by atoms with E-state index in [2.05, 4.69) is 199 Å². The Hall–Kier alpha value is -6.45. The molecule has 0 saturated heterocycles. The Balaban J connectivity index is 1.07. The first kappa shape index (κ1) is 32.2. The number of allylic oxidation sites excluding steroid dienone is 2. The first-order valence-electron chi connectivity index (χ1n) is 18.9. The average Bonchev–Trinajstić information content (AvgIpc) is 3.66. The fraction of sp³-hybridized carbons (Fsp3) is 0.118. The number of nitrogens with zero attached hydrogens (tertiary/aromatic N) is 3. The third kappa shape index (κ3) is 5.07. The molecule has 2 aliphatic carbocycles. The van der Waals surface area contributed by atoms with E-state index in [-0.39, 0.29) is 11.0 Å². The summed E-state index contributed by atoms with van der Waals surface area (Å²) >= 11 is 0. The number of anilines is 2. The number of pyridine rings is 1. The van der Waals surface area contributed by atoms with Gasteiger partial charge in [0.25, 0.3) is 0 Å². The molecule has 0 N–H and O–H groups in total.